The summed E-state index contributed by atoms with van der Waals surface area (Å²) in [7, 11) is 0. The number of nitro groups is 2. The lowest BCUT2D eigenvalue weighted by Crippen LogP contribution is -2.08. The molecule has 21 heavy (non-hydrogen) atoms. The van der Waals surface area contributed by atoms with E-state index >= 15 is 0 Å². The summed E-state index contributed by atoms with van der Waals surface area (Å²) in [4.78, 5) is 20.4. The van der Waals surface area contributed by atoms with Crippen LogP contribution < -0.4 is 5.32 Å². The minimum Gasteiger partial charge on any atom is -0.464 e. The van der Waals surface area contributed by atoms with E-state index in [-0.39, 0.29) is 23.1 Å². The van der Waals surface area contributed by atoms with Crippen LogP contribution in [0, 0.1) is 27.2 Å². The van der Waals surface area contributed by atoms with Crippen molar-refractivity contribution in [2.75, 3.05) is 5.32 Å². The van der Waals surface area contributed by atoms with Gasteiger partial charge in [0.2, 0.25) is 0 Å². The van der Waals surface area contributed by atoms with Crippen LogP contribution in [0.25, 0.3) is 0 Å². The molecule has 1 N–H and O–H groups in total. The third-order valence-electron chi connectivity index (χ3n) is 2.95. The van der Waals surface area contributed by atoms with Gasteiger partial charge in [-0.2, -0.15) is 0 Å². The second-order valence-corrected chi connectivity index (χ2v) is 4.53. The molecule has 1 aromatic heterocycles. The highest BCUT2D eigenvalue weighted by molar-refractivity contribution is 5.65. The fraction of sp³-hybridized carbons (Fsp3) is 0.231. The summed E-state index contributed by atoms with van der Waals surface area (Å²) in [5.41, 5.74) is -0.472. The van der Waals surface area contributed by atoms with Gasteiger partial charge in [-0.25, -0.2) is 0 Å². The van der Waals surface area contributed by atoms with E-state index in [4.69, 9.17) is 4.42 Å². The van der Waals surface area contributed by atoms with Gasteiger partial charge in [0.05, 0.1) is 22.0 Å². The first-order chi connectivity index (χ1) is 9.88. The van der Waals surface area contributed by atoms with Crippen molar-refractivity contribution < 1.29 is 14.3 Å². The van der Waals surface area contributed by atoms with E-state index < -0.39 is 9.85 Å². The van der Waals surface area contributed by atoms with E-state index in [0.717, 1.165) is 11.8 Å². The maximum absolute atomic E-state index is 11.0. The van der Waals surface area contributed by atoms with Crippen LogP contribution in [0.1, 0.15) is 24.5 Å². The molecule has 0 bridgehead atoms. The van der Waals surface area contributed by atoms with Crippen molar-refractivity contribution in [2.45, 2.75) is 19.9 Å². The molecule has 1 atom stereocenters. The molecule has 1 heterocycles. The van der Waals surface area contributed by atoms with Gasteiger partial charge < -0.3 is 9.73 Å². The maximum atomic E-state index is 11.0. The Balaban J connectivity index is 2.31. The third kappa shape index (κ3) is 3.16. The molecule has 0 aliphatic heterocycles. The Hall–Kier alpha value is -2.90. The van der Waals surface area contributed by atoms with Gasteiger partial charge in [0.25, 0.3) is 11.4 Å². The molecule has 8 nitrogen and oxygen atoms in total. The van der Waals surface area contributed by atoms with Gasteiger partial charge in [-0.15, -0.1) is 0 Å². The number of anilines is 1. The van der Waals surface area contributed by atoms with Gasteiger partial charge in [0.15, 0.2) is 0 Å². The molecule has 0 amide bonds. The average molecular weight is 291 g/mol. The van der Waals surface area contributed by atoms with E-state index in [1.165, 1.54) is 12.1 Å². The number of nitrogens with one attached hydrogen (secondary N) is 1. The molecule has 1 unspecified atom stereocenters. The molecule has 0 saturated heterocycles. The van der Waals surface area contributed by atoms with Crippen LogP contribution in [-0.4, -0.2) is 9.85 Å². The highest BCUT2D eigenvalue weighted by Gasteiger charge is 2.21. The van der Waals surface area contributed by atoms with E-state index in [1.54, 1.807) is 26.0 Å². The zero-order valence-electron chi connectivity index (χ0n) is 11.4. The first-order valence-electron chi connectivity index (χ1n) is 6.14. The lowest BCUT2D eigenvalue weighted by atomic mass is 10.2. The van der Waals surface area contributed by atoms with Crippen LogP contribution in [0.15, 0.2) is 34.7 Å². The Kier molecular flexibility index (Phi) is 3.88. The van der Waals surface area contributed by atoms with Crippen molar-refractivity contribution in [1.29, 1.82) is 0 Å². The largest absolute Gasteiger partial charge is 0.464 e. The topological polar surface area (TPSA) is 111 Å². The van der Waals surface area contributed by atoms with Gasteiger partial charge in [-0.3, -0.25) is 20.2 Å². The van der Waals surface area contributed by atoms with Crippen molar-refractivity contribution in [3.05, 3.63) is 62.1 Å². The summed E-state index contributed by atoms with van der Waals surface area (Å²) in [5, 5.41) is 24.6. The Morgan fingerprint density at radius 3 is 2.38 bits per heavy atom. The summed E-state index contributed by atoms with van der Waals surface area (Å²) < 4.78 is 5.44. The Morgan fingerprint density at radius 1 is 1.14 bits per heavy atom. The van der Waals surface area contributed by atoms with E-state index in [2.05, 4.69) is 5.32 Å². The lowest BCUT2D eigenvalue weighted by molar-refractivity contribution is -0.393. The Labute approximate surface area is 119 Å². The predicted octanol–water partition coefficient (Wildman–Crippen LogP) is 3.58. The quantitative estimate of drug-likeness (QED) is 0.665. The van der Waals surface area contributed by atoms with Crippen LogP contribution in [0.4, 0.5) is 17.1 Å². The van der Waals surface area contributed by atoms with Gasteiger partial charge in [-0.05, 0) is 32.0 Å². The number of benzene rings is 1. The molecule has 2 rings (SSSR count). The standard InChI is InChI=1S/C13H13N3O5/c1-8-3-6-13(21-8)9(2)14-11-5-4-10(15(17)18)7-12(11)16(19)20/h3-7,9,14H,1-2H3. The van der Waals surface area contributed by atoms with Crippen molar-refractivity contribution in [3.63, 3.8) is 0 Å². The molecule has 2 aromatic rings. The molecule has 0 spiro atoms. The number of nitrogens with zero attached hydrogens (tertiary/aromatic N) is 2. The number of rotatable bonds is 5. The minimum atomic E-state index is -0.671. The first kappa shape index (κ1) is 14.5. The molecular formula is C13H13N3O5. The average Bonchev–Trinajstić information content (AvgIpc) is 2.85. The molecule has 1 aromatic carbocycles. The smallest absolute Gasteiger partial charge is 0.299 e. The second-order valence-electron chi connectivity index (χ2n) is 4.53. The van der Waals surface area contributed by atoms with E-state index in [9.17, 15) is 20.2 Å². The number of hydrogen-bond acceptors (Lipinski definition) is 6. The van der Waals surface area contributed by atoms with E-state index in [1.807, 2.05) is 0 Å². The number of aryl methyl sites for hydroxylation is 1. The monoisotopic (exact) mass is 291 g/mol. The molecule has 8 heteroatoms. The van der Waals surface area contributed by atoms with Crippen molar-refractivity contribution in [2.24, 2.45) is 0 Å². The molecular weight excluding hydrogens is 278 g/mol. The molecule has 0 radical (unpaired) electrons. The summed E-state index contributed by atoms with van der Waals surface area (Å²) >= 11 is 0. The van der Waals surface area contributed by atoms with Crippen LogP contribution in [0.3, 0.4) is 0 Å². The SMILES string of the molecule is Cc1ccc(C(C)Nc2ccc([N+](=O)[O-])cc2[N+](=O)[O-])o1. The predicted molar refractivity (Wildman–Crippen MR) is 75.2 cm³/mol. The van der Waals surface area contributed by atoms with Crippen molar-refractivity contribution in [1.82, 2.24) is 0 Å². The third-order valence-corrected chi connectivity index (χ3v) is 2.95. The Bertz CT molecular complexity index is 695. The minimum absolute atomic E-state index is 0.201. The number of non-ortho nitro benzene ring substituents is 1. The Morgan fingerprint density at radius 2 is 1.86 bits per heavy atom. The number of nitro benzene ring substituents is 2. The number of furan rings is 1. The van der Waals surface area contributed by atoms with Crippen molar-refractivity contribution >= 4 is 17.1 Å². The van der Waals surface area contributed by atoms with Gasteiger partial charge in [0.1, 0.15) is 17.2 Å². The maximum Gasteiger partial charge on any atom is 0.299 e. The van der Waals surface area contributed by atoms with Crippen LogP contribution in [0.5, 0.6) is 0 Å². The summed E-state index contributed by atoms with van der Waals surface area (Å²) in [6.45, 7) is 3.58. The first-order valence-corrected chi connectivity index (χ1v) is 6.14. The fourth-order valence-electron chi connectivity index (χ4n) is 1.90. The van der Waals surface area contributed by atoms with Crippen LogP contribution >= 0.6 is 0 Å². The molecule has 0 aliphatic rings. The summed E-state index contributed by atoms with van der Waals surface area (Å²) in [6.07, 6.45) is 0. The fourth-order valence-corrected chi connectivity index (χ4v) is 1.90. The number of hydrogen-bond donors (Lipinski definition) is 1. The lowest BCUT2D eigenvalue weighted by Gasteiger charge is -2.12. The zero-order chi connectivity index (χ0) is 15.6. The molecule has 110 valence electrons. The van der Waals surface area contributed by atoms with Gasteiger partial charge in [0, 0.05) is 6.07 Å². The highest BCUT2D eigenvalue weighted by atomic mass is 16.6. The molecule has 0 saturated carbocycles. The molecule has 0 aliphatic carbocycles. The van der Waals surface area contributed by atoms with Crippen molar-refractivity contribution in [3.8, 4) is 0 Å². The zero-order valence-corrected chi connectivity index (χ0v) is 11.4. The van der Waals surface area contributed by atoms with E-state index in [0.29, 0.717) is 5.76 Å². The van der Waals surface area contributed by atoms with Crippen LogP contribution in [-0.2, 0) is 0 Å². The van der Waals surface area contributed by atoms with Gasteiger partial charge in [-0.1, -0.05) is 0 Å². The van der Waals surface area contributed by atoms with Crippen LogP contribution in [0.2, 0.25) is 0 Å². The second kappa shape index (κ2) is 5.61. The summed E-state index contributed by atoms with van der Waals surface area (Å²) in [6, 6.07) is 6.72. The normalized spacial score (nSPS) is 11.9. The van der Waals surface area contributed by atoms with Gasteiger partial charge >= 0.3 is 0 Å². The summed E-state index contributed by atoms with van der Waals surface area (Å²) in [5.74, 6) is 1.36. The highest BCUT2D eigenvalue weighted by Crippen LogP contribution is 2.31. The molecule has 0 fully saturated rings.